The highest BCUT2D eigenvalue weighted by Gasteiger charge is 2.11. The minimum absolute atomic E-state index is 0.190. The average molecular weight is 384 g/mol. The zero-order valence-corrected chi connectivity index (χ0v) is 13.7. The van der Waals surface area contributed by atoms with Crippen molar-refractivity contribution in [3.8, 4) is 0 Å². The molecule has 0 unspecified atom stereocenters. The summed E-state index contributed by atoms with van der Waals surface area (Å²) in [5.41, 5.74) is 7.14. The van der Waals surface area contributed by atoms with Crippen molar-refractivity contribution in [2.24, 2.45) is 0 Å². The first-order chi connectivity index (χ1) is 10.1. The number of nitrogens with one attached hydrogen (secondary N) is 1. The molecule has 7 heteroatoms. The van der Waals surface area contributed by atoms with Crippen molar-refractivity contribution in [2.45, 2.75) is 0 Å². The van der Waals surface area contributed by atoms with E-state index in [-0.39, 0.29) is 5.95 Å². The number of nitrogens with zero attached hydrogens (tertiary/aromatic N) is 2. The smallest absolute Gasteiger partial charge is 0.222 e. The van der Waals surface area contributed by atoms with Crippen LogP contribution in [0.25, 0.3) is 10.9 Å². The largest absolute Gasteiger partial charge is 0.368 e. The van der Waals surface area contributed by atoms with Crippen LogP contribution in [0.5, 0.6) is 0 Å². The van der Waals surface area contributed by atoms with Gasteiger partial charge in [0.25, 0.3) is 0 Å². The molecule has 21 heavy (non-hydrogen) atoms. The highest BCUT2D eigenvalue weighted by Crippen LogP contribution is 2.37. The van der Waals surface area contributed by atoms with Crippen LogP contribution in [0.2, 0.25) is 10.0 Å². The van der Waals surface area contributed by atoms with Crippen molar-refractivity contribution in [3.63, 3.8) is 0 Å². The maximum atomic E-state index is 6.24. The standard InChI is InChI=1S/C14H9BrCl2N4/c15-8-5-6-10(12(17)11(8)16)19-13-7-3-1-2-4-9(7)20-14(18)21-13/h1-6H,(H3,18,19,20,21). The molecule has 4 nitrogen and oxygen atoms in total. The summed E-state index contributed by atoms with van der Waals surface area (Å²) in [6, 6.07) is 11.2. The molecular weight excluding hydrogens is 375 g/mol. The van der Waals surface area contributed by atoms with Crippen LogP contribution in [0.4, 0.5) is 17.5 Å². The summed E-state index contributed by atoms with van der Waals surface area (Å²) in [4.78, 5) is 8.42. The Balaban J connectivity index is 2.12. The Morgan fingerprint density at radius 2 is 1.76 bits per heavy atom. The molecule has 0 atom stereocenters. The Hall–Kier alpha value is -1.56. The normalized spacial score (nSPS) is 10.8. The number of hydrogen-bond donors (Lipinski definition) is 2. The number of benzene rings is 2. The molecular formula is C14H9BrCl2N4. The summed E-state index contributed by atoms with van der Waals surface area (Å²) in [5.74, 6) is 0.772. The lowest BCUT2D eigenvalue weighted by Crippen LogP contribution is -2.01. The van der Waals surface area contributed by atoms with Crippen molar-refractivity contribution < 1.29 is 0 Å². The van der Waals surface area contributed by atoms with Gasteiger partial charge in [-0.25, -0.2) is 4.98 Å². The van der Waals surface area contributed by atoms with Crippen LogP contribution in [-0.2, 0) is 0 Å². The Morgan fingerprint density at radius 3 is 2.57 bits per heavy atom. The second kappa shape index (κ2) is 5.67. The van der Waals surface area contributed by atoms with E-state index in [2.05, 4.69) is 31.2 Å². The van der Waals surface area contributed by atoms with Crippen LogP contribution in [0.3, 0.4) is 0 Å². The Kier molecular flexibility index (Phi) is 3.89. The number of aromatic nitrogens is 2. The van der Waals surface area contributed by atoms with Crippen molar-refractivity contribution in [1.29, 1.82) is 0 Å². The fraction of sp³-hybridized carbons (Fsp3) is 0. The van der Waals surface area contributed by atoms with E-state index in [9.17, 15) is 0 Å². The molecule has 2 aromatic carbocycles. The monoisotopic (exact) mass is 382 g/mol. The molecule has 3 rings (SSSR count). The van der Waals surface area contributed by atoms with E-state index in [0.29, 0.717) is 21.6 Å². The molecule has 0 aliphatic heterocycles. The summed E-state index contributed by atoms with van der Waals surface area (Å²) >= 11 is 15.7. The van der Waals surface area contributed by atoms with Gasteiger partial charge in [-0.1, -0.05) is 35.3 Å². The van der Waals surface area contributed by atoms with Gasteiger partial charge >= 0.3 is 0 Å². The van der Waals surface area contributed by atoms with Crippen molar-refractivity contribution in [1.82, 2.24) is 9.97 Å². The number of nitrogens with two attached hydrogens (primary N) is 1. The minimum Gasteiger partial charge on any atom is -0.368 e. The highest BCUT2D eigenvalue weighted by molar-refractivity contribution is 9.10. The topological polar surface area (TPSA) is 63.8 Å². The molecule has 1 heterocycles. The summed E-state index contributed by atoms with van der Waals surface area (Å²) < 4.78 is 0.728. The van der Waals surface area contributed by atoms with E-state index in [1.54, 1.807) is 0 Å². The lowest BCUT2D eigenvalue weighted by molar-refractivity contribution is 1.23. The van der Waals surface area contributed by atoms with E-state index < -0.39 is 0 Å². The van der Waals surface area contributed by atoms with Gasteiger partial charge in [-0.2, -0.15) is 4.98 Å². The number of fused-ring (bicyclic) bond motifs is 1. The summed E-state index contributed by atoms with van der Waals surface area (Å²) in [6.45, 7) is 0. The molecule has 0 radical (unpaired) electrons. The molecule has 1 aromatic heterocycles. The third-order valence-corrected chi connectivity index (χ3v) is 4.68. The quantitative estimate of drug-likeness (QED) is 0.609. The minimum atomic E-state index is 0.190. The van der Waals surface area contributed by atoms with E-state index >= 15 is 0 Å². The van der Waals surface area contributed by atoms with Crippen LogP contribution >= 0.6 is 39.1 Å². The lowest BCUT2D eigenvalue weighted by Gasteiger charge is -2.12. The van der Waals surface area contributed by atoms with Gasteiger partial charge in [0.2, 0.25) is 5.95 Å². The van der Waals surface area contributed by atoms with Crippen LogP contribution in [0.1, 0.15) is 0 Å². The molecule has 0 spiro atoms. The van der Waals surface area contributed by atoms with Crippen LogP contribution in [-0.4, -0.2) is 9.97 Å². The maximum absolute atomic E-state index is 6.24. The molecule has 106 valence electrons. The van der Waals surface area contributed by atoms with E-state index in [0.717, 1.165) is 15.4 Å². The zero-order valence-electron chi connectivity index (χ0n) is 10.6. The van der Waals surface area contributed by atoms with Crippen molar-refractivity contribution in [3.05, 3.63) is 50.9 Å². The Labute approximate surface area is 139 Å². The second-order valence-electron chi connectivity index (χ2n) is 4.30. The Bertz CT molecular complexity index is 839. The molecule has 0 fully saturated rings. The van der Waals surface area contributed by atoms with Gasteiger partial charge in [-0.3, -0.25) is 0 Å². The van der Waals surface area contributed by atoms with Crippen LogP contribution in [0.15, 0.2) is 40.9 Å². The van der Waals surface area contributed by atoms with Gasteiger partial charge in [0.15, 0.2) is 0 Å². The van der Waals surface area contributed by atoms with E-state index in [4.69, 9.17) is 28.9 Å². The number of halogens is 3. The summed E-state index contributed by atoms with van der Waals surface area (Å²) in [6.07, 6.45) is 0. The van der Waals surface area contributed by atoms with Crippen LogP contribution < -0.4 is 11.1 Å². The first-order valence-electron chi connectivity index (χ1n) is 5.99. The molecule has 0 amide bonds. The third-order valence-electron chi connectivity index (χ3n) is 2.91. The first kappa shape index (κ1) is 14.4. The number of para-hydroxylation sites is 1. The van der Waals surface area contributed by atoms with Gasteiger partial charge in [0.05, 0.1) is 21.2 Å². The molecule has 3 aromatic rings. The fourth-order valence-electron chi connectivity index (χ4n) is 1.94. The molecule has 3 N–H and O–H groups in total. The van der Waals surface area contributed by atoms with E-state index in [1.807, 2.05) is 36.4 Å². The van der Waals surface area contributed by atoms with Crippen molar-refractivity contribution >= 4 is 67.5 Å². The number of hydrogen-bond acceptors (Lipinski definition) is 4. The summed E-state index contributed by atoms with van der Waals surface area (Å²) in [7, 11) is 0. The predicted molar refractivity (Wildman–Crippen MR) is 91.4 cm³/mol. The average Bonchev–Trinajstić information content (AvgIpc) is 2.47. The van der Waals surface area contributed by atoms with Crippen molar-refractivity contribution in [2.75, 3.05) is 11.1 Å². The number of nitrogen functional groups attached to an aromatic ring is 1. The van der Waals surface area contributed by atoms with Gasteiger partial charge in [-0.05, 0) is 40.2 Å². The third kappa shape index (κ3) is 2.77. The maximum Gasteiger partial charge on any atom is 0.222 e. The second-order valence-corrected chi connectivity index (χ2v) is 5.91. The molecule has 0 aliphatic rings. The zero-order chi connectivity index (χ0) is 15.0. The van der Waals surface area contributed by atoms with Gasteiger partial charge in [-0.15, -0.1) is 0 Å². The molecule has 0 saturated heterocycles. The first-order valence-corrected chi connectivity index (χ1v) is 7.54. The van der Waals surface area contributed by atoms with E-state index in [1.165, 1.54) is 0 Å². The number of rotatable bonds is 2. The van der Waals surface area contributed by atoms with Gasteiger partial charge < -0.3 is 11.1 Å². The molecule has 0 bridgehead atoms. The number of anilines is 3. The van der Waals surface area contributed by atoms with Gasteiger partial charge in [0.1, 0.15) is 5.82 Å². The highest BCUT2D eigenvalue weighted by atomic mass is 79.9. The van der Waals surface area contributed by atoms with Gasteiger partial charge in [0, 0.05) is 9.86 Å². The lowest BCUT2D eigenvalue weighted by atomic mass is 10.2. The molecule has 0 aliphatic carbocycles. The molecule has 0 saturated carbocycles. The SMILES string of the molecule is Nc1nc(Nc2ccc(Br)c(Cl)c2Cl)c2ccccc2n1. The predicted octanol–water partition coefficient (Wildman–Crippen LogP) is 5.02. The fourth-order valence-corrected chi connectivity index (χ4v) is 2.76. The summed E-state index contributed by atoms with van der Waals surface area (Å²) in [5, 5.41) is 4.85. The van der Waals surface area contributed by atoms with Crippen LogP contribution in [0, 0.1) is 0 Å². The Morgan fingerprint density at radius 1 is 1.00 bits per heavy atom.